The van der Waals surface area contributed by atoms with E-state index in [9.17, 15) is 19.2 Å². The van der Waals surface area contributed by atoms with Gasteiger partial charge in [0.15, 0.2) is 0 Å². The molecular formula is C29H39N3O8. The first-order valence-corrected chi connectivity index (χ1v) is 13.6. The first kappa shape index (κ1) is 29.7. The number of carbonyl (C=O) groups is 4. The number of amides is 2. The van der Waals surface area contributed by atoms with Gasteiger partial charge in [-0.2, -0.15) is 0 Å². The lowest BCUT2D eigenvalue weighted by molar-refractivity contribution is -0.140. The number of hydrogen-bond donors (Lipinski definition) is 2. The fraction of sp³-hybridized carbons (Fsp3) is 0.586. The molecular weight excluding hydrogens is 518 g/mol. The molecule has 218 valence electrons. The van der Waals surface area contributed by atoms with E-state index in [4.69, 9.17) is 19.7 Å². The van der Waals surface area contributed by atoms with Gasteiger partial charge in [0, 0.05) is 78.2 Å². The monoisotopic (exact) mass is 557 g/mol. The van der Waals surface area contributed by atoms with Crippen molar-refractivity contribution in [2.45, 2.75) is 37.9 Å². The SMILES string of the molecule is COC1C=C2CN(C(=O)CCC(=O)O)CC2=CC1CN(C)CC1C=C2CN(C(=O)CCC(=O)O)CC2=CC1OC. The number of nitrogens with zero attached hydrogens (tertiary/aromatic N) is 3. The molecule has 0 saturated carbocycles. The number of fused-ring (bicyclic) bond motifs is 2. The minimum Gasteiger partial charge on any atom is -0.481 e. The average molecular weight is 558 g/mol. The number of aliphatic carboxylic acids is 2. The van der Waals surface area contributed by atoms with Crippen LogP contribution in [0.3, 0.4) is 0 Å². The molecule has 2 aliphatic carbocycles. The Hall–Kier alpha value is -3.28. The smallest absolute Gasteiger partial charge is 0.303 e. The van der Waals surface area contributed by atoms with Gasteiger partial charge in [0.05, 0.1) is 25.0 Å². The summed E-state index contributed by atoms with van der Waals surface area (Å²) in [4.78, 5) is 52.3. The van der Waals surface area contributed by atoms with Crippen LogP contribution >= 0.6 is 0 Å². The van der Waals surface area contributed by atoms with Crippen LogP contribution in [0.25, 0.3) is 0 Å². The standard InChI is InChI=1S/C29H39N3O8/c1-30(12-22-8-18-14-31(26(33)4-6-28(35)36)16-20(18)10-24(22)39-2)13-23-9-19-15-32(27(34)5-7-29(37)38)17-21(19)11-25(23)40-3/h8-11,22-25H,4-7,12-17H2,1-3H3,(H,35,36)(H,37,38). The van der Waals surface area contributed by atoms with Crippen LogP contribution in [0.5, 0.6) is 0 Å². The van der Waals surface area contributed by atoms with Crippen LogP contribution in [-0.2, 0) is 28.7 Å². The Morgan fingerprint density at radius 1 is 0.700 bits per heavy atom. The maximum absolute atomic E-state index is 12.5. The number of methoxy groups -OCH3 is 2. The highest BCUT2D eigenvalue weighted by atomic mass is 16.5. The minimum atomic E-state index is -0.975. The summed E-state index contributed by atoms with van der Waals surface area (Å²) in [6, 6.07) is 0. The maximum Gasteiger partial charge on any atom is 0.303 e. The van der Waals surface area contributed by atoms with Gasteiger partial charge < -0.3 is 34.4 Å². The molecule has 2 fully saturated rings. The van der Waals surface area contributed by atoms with Gasteiger partial charge in [-0.3, -0.25) is 19.2 Å². The molecule has 0 aromatic rings. The molecule has 0 aromatic heterocycles. The third-order valence-electron chi connectivity index (χ3n) is 8.08. The fourth-order valence-corrected chi connectivity index (χ4v) is 6.02. The van der Waals surface area contributed by atoms with Crippen molar-refractivity contribution in [2.75, 3.05) is 60.5 Å². The molecule has 4 unspecified atom stereocenters. The summed E-state index contributed by atoms with van der Waals surface area (Å²) < 4.78 is 11.6. The Morgan fingerprint density at radius 3 is 1.38 bits per heavy atom. The van der Waals surface area contributed by atoms with Gasteiger partial charge in [-0.25, -0.2) is 0 Å². The van der Waals surface area contributed by atoms with E-state index in [0.29, 0.717) is 26.2 Å². The molecule has 11 nitrogen and oxygen atoms in total. The molecule has 2 N–H and O–H groups in total. The molecule has 40 heavy (non-hydrogen) atoms. The maximum atomic E-state index is 12.5. The Morgan fingerprint density at radius 2 is 1.05 bits per heavy atom. The molecule has 11 heteroatoms. The van der Waals surface area contributed by atoms with Crippen LogP contribution in [0.15, 0.2) is 46.6 Å². The molecule has 0 bridgehead atoms. The Bertz CT molecular complexity index is 1070. The summed E-state index contributed by atoms with van der Waals surface area (Å²) in [5.74, 6) is -2.09. The number of carboxylic acid groups (broad SMARTS) is 2. The lowest BCUT2D eigenvalue weighted by Gasteiger charge is -2.33. The molecule has 4 atom stereocenters. The number of hydrogen-bond acceptors (Lipinski definition) is 7. The van der Waals surface area contributed by atoms with Crippen molar-refractivity contribution < 1.29 is 38.9 Å². The predicted octanol–water partition coefficient (Wildman–Crippen LogP) is 1.33. The van der Waals surface area contributed by atoms with Crippen LogP contribution in [0.4, 0.5) is 0 Å². The first-order chi connectivity index (χ1) is 19.1. The second-order valence-electron chi connectivity index (χ2n) is 11.0. The highest BCUT2D eigenvalue weighted by Gasteiger charge is 2.35. The van der Waals surface area contributed by atoms with Crippen molar-refractivity contribution >= 4 is 23.8 Å². The number of likely N-dealkylation sites (tertiary alicyclic amines) is 2. The first-order valence-electron chi connectivity index (χ1n) is 13.6. The van der Waals surface area contributed by atoms with E-state index in [1.54, 1.807) is 24.0 Å². The van der Waals surface area contributed by atoms with E-state index in [-0.39, 0.29) is 61.5 Å². The van der Waals surface area contributed by atoms with Gasteiger partial charge >= 0.3 is 11.9 Å². The second-order valence-corrected chi connectivity index (χ2v) is 11.0. The number of ether oxygens (including phenoxy) is 2. The van der Waals surface area contributed by atoms with E-state index in [0.717, 1.165) is 35.4 Å². The van der Waals surface area contributed by atoms with Crippen molar-refractivity contribution in [2.24, 2.45) is 11.8 Å². The molecule has 2 amide bonds. The molecule has 0 radical (unpaired) electrons. The largest absolute Gasteiger partial charge is 0.481 e. The number of carbonyl (C=O) groups excluding carboxylic acids is 2. The van der Waals surface area contributed by atoms with E-state index in [1.807, 2.05) is 0 Å². The summed E-state index contributed by atoms with van der Waals surface area (Å²) in [6.45, 7) is 3.37. The summed E-state index contributed by atoms with van der Waals surface area (Å²) in [6.07, 6.45) is 7.93. The third kappa shape index (κ3) is 7.07. The molecule has 2 aliphatic heterocycles. The predicted molar refractivity (Wildman–Crippen MR) is 145 cm³/mol. The van der Waals surface area contributed by atoms with E-state index >= 15 is 0 Å². The quantitative estimate of drug-likeness (QED) is 0.364. The zero-order valence-corrected chi connectivity index (χ0v) is 23.4. The third-order valence-corrected chi connectivity index (χ3v) is 8.08. The lowest BCUT2D eigenvalue weighted by atomic mass is 9.87. The summed E-state index contributed by atoms with van der Waals surface area (Å²) in [5, 5.41) is 17.8. The lowest BCUT2D eigenvalue weighted by Crippen LogP contribution is -2.39. The Kier molecular flexibility index (Phi) is 9.60. The second kappa shape index (κ2) is 12.9. The Labute approximate surface area is 234 Å². The van der Waals surface area contributed by atoms with Crippen molar-refractivity contribution in [3.63, 3.8) is 0 Å². The van der Waals surface area contributed by atoms with Gasteiger partial charge in [-0.1, -0.05) is 12.2 Å². The van der Waals surface area contributed by atoms with Crippen LogP contribution in [0.1, 0.15) is 25.7 Å². The van der Waals surface area contributed by atoms with Gasteiger partial charge in [-0.05, 0) is 41.5 Å². The molecule has 0 spiro atoms. The molecule has 0 aromatic carbocycles. The topological polar surface area (TPSA) is 137 Å². The molecule has 4 rings (SSSR count). The normalized spacial score (nSPS) is 25.6. The Balaban J connectivity index is 1.37. The minimum absolute atomic E-state index is 0.00224. The van der Waals surface area contributed by atoms with Crippen molar-refractivity contribution in [1.82, 2.24) is 14.7 Å². The van der Waals surface area contributed by atoms with Gasteiger partial charge in [0.2, 0.25) is 11.8 Å². The van der Waals surface area contributed by atoms with Crippen LogP contribution in [0.2, 0.25) is 0 Å². The fourth-order valence-electron chi connectivity index (χ4n) is 6.02. The van der Waals surface area contributed by atoms with Gasteiger partial charge in [-0.15, -0.1) is 0 Å². The highest BCUT2D eigenvalue weighted by Crippen LogP contribution is 2.34. The van der Waals surface area contributed by atoms with E-state index < -0.39 is 11.9 Å². The summed E-state index contributed by atoms with van der Waals surface area (Å²) in [7, 11) is 5.42. The highest BCUT2D eigenvalue weighted by molar-refractivity contribution is 5.83. The van der Waals surface area contributed by atoms with Gasteiger partial charge in [0.1, 0.15) is 0 Å². The van der Waals surface area contributed by atoms with Crippen LogP contribution in [0, 0.1) is 11.8 Å². The van der Waals surface area contributed by atoms with Crippen LogP contribution in [-0.4, -0.2) is 121 Å². The molecule has 2 saturated heterocycles. The molecule has 2 heterocycles. The van der Waals surface area contributed by atoms with Crippen LogP contribution < -0.4 is 0 Å². The zero-order chi connectivity index (χ0) is 29.0. The summed E-state index contributed by atoms with van der Waals surface area (Å²) >= 11 is 0. The van der Waals surface area contributed by atoms with Crippen molar-refractivity contribution in [1.29, 1.82) is 0 Å². The van der Waals surface area contributed by atoms with E-state index in [2.05, 4.69) is 36.3 Å². The zero-order valence-electron chi connectivity index (χ0n) is 23.4. The number of rotatable bonds is 12. The van der Waals surface area contributed by atoms with E-state index in [1.165, 1.54) is 0 Å². The molecule has 4 aliphatic rings. The van der Waals surface area contributed by atoms with Gasteiger partial charge in [0.25, 0.3) is 0 Å². The van der Waals surface area contributed by atoms with Crippen molar-refractivity contribution in [3.05, 3.63) is 46.6 Å². The summed E-state index contributed by atoms with van der Waals surface area (Å²) in [5.41, 5.74) is 4.31. The average Bonchev–Trinajstić information content (AvgIpc) is 3.52. The number of carboxylic acids is 2. The van der Waals surface area contributed by atoms with Crippen molar-refractivity contribution in [3.8, 4) is 0 Å².